The lowest BCUT2D eigenvalue weighted by molar-refractivity contribution is 0.945. The van der Waals surface area contributed by atoms with Crippen molar-refractivity contribution in [2.45, 2.75) is 6.42 Å². The summed E-state index contributed by atoms with van der Waals surface area (Å²) in [6.07, 6.45) is 4.81. The van der Waals surface area contributed by atoms with E-state index in [2.05, 4.69) is 39.6 Å². The topological polar surface area (TPSA) is 42.7 Å². The van der Waals surface area contributed by atoms with Crippen molar-refractivity contribution in [2.24, 2.45) is 7.05 Å². The molecule has 0 amide bonds. The number of aryl methyl sites for hydroxylation is 1. The van der Waals surface area contributed by atoms with Crippen LogP contribution in [0.15, 0.2) is 36.8 Å². The Morgan fingerprint density at radius 2 is 2.16 bits per heavy atom. The van der Waals surface area contributed by atoms with Crippen LogP contribution < -0.4 is 5.32 Å². The van der Waals surface area contributed by atoms with Crippen molar-refractivity contribution in [1.82, 2.24) is 14.5 Å². The summed E-state index contributed by atoms with van der Waals surface area (Å²) in [4.78, 5) is 8.94. The molecule has 4 rings (SSSR count). The van der Waals surface area contributed by atoms with Gasteiger partial charge in [-0.3, -0.25) is 4.98 Å². The Morgan fingerprint density at radius 1 is 1.21 bits per heavy atom. The van der Waals surface area contributed by atoms with Gasteiger partial charge in [-0.25, -0.2) is 4.98 Å². The molecule has 0 radical (unpaired) electrons. The number of hydrogen-bond donors (Lipinski definition) is 1. The minimum Gasteiger partial charge on any atom is -0.384 e. The van der Waals surface area contributed by atoms with Crippen molar-refractivity contribution in [2.75, 3.05) is 11.9 Å². The number of rotatable bonds is 1. The van der Waals surface area contributed by atoms with Gasteiger partial charge in [0.1, 0.15) is 0 Å². The van der Waals surface area contributed by atoms with Gasteiger partial charge in [-0.1, -0.05) is 6.07 Å². The van der Waals surface area contributed by atoms with Gasteiger partial charge >= 0.3 is 0 Å². The van der Waals surface area contributed by atoms with Crippen LogP contribution in [0.3, 0.4) is 0 Å². The Bertz CT molecular complexity index is 773. The van der Waals surface area contributed by atoms with Crippen LogP contribution in [-0.4, -0.2) is 21.1 Å². The van der Waals surface area contributed by atoms with Crippen molar-refractivity contribution in [3.05, 3.63) is 42.4 Å². The van der Waals surface area contributed by atoms with Crippen molar-refractivity contribution in [3.8, 4) is 11.3 Å². The van der Waals surface area contributed by atoms with Crippen LogP contribution >= 0.6 is 0 Å². The first kappa shape index (κ1) is 10.6. The standard InChI is InChI=1S/C15H14N4/c1-19-9-18-14-7-13(17-8-15(14)19)10-2-3-12-11(6-10)4-5-16-12/h2-3,6-9,16H,4-5H2,1H3. The van der Waals surface area contributed by atoms with Gasteiger partial charge in [-0.05, 0) is 30.2 Å². The molecule has 0 atom stereocenters. The third kappa shape index (κ3) is 1.60. The minimum absolute atomic E-state index is 0.987. The average molecular weight is 250 g/mol. The maximum atomic E-state index is 4.55. The van der Waals surface area contributed by atoms with Crippen LogP contribution in [0, 0.1) is 0 Å². The molecule has 3 heterocycles. The molecule has 0 fully saturated rings. The van der Waals surface area contributed by atoms with E-state index >= 15 is 0 Å². The van der Waals surface area contributed by atoms with Crippen LogP contribution in [0.4, 0.5) is 5.69 Å². The Kier molecular flexibility index (Phi) is 2.12. The number of pyridine rings is 1. The molecule has 0 saturated carbocycles. The second-order valence-corrected chi connectivity index (χ2v) is 4.96. The zero-order chi connectivity index (χ0) is 12.8. The van der Waals surface area contributed by atoms with Gasteiger partial charge in [0.05, 0.1) is 29.3 Å². The minimum atomic E-state index is 0.987. The van der Waals surface area contributed by atoms with Crippen LogP contribution in [0.1, 0.15) is 5.56 Å². The van der Waals surface area contributed by atoms with Gasteiger partial charge in [0.15, 0.2) is 0 Å². The number of aromatic nitrogens is 3. The van der Waals surface area contributed by atoms with E-state index in [4.69, 9.17) is 0 Å². The number of hydrogen-bond acceptors (Lipinski definition) is 3. The highest BCUT2D eigenvalue weighted by atomic mass is 15.0. The van der Waals surface area contributed by atoms with E-state index in [-0.39, 0.29) is 0 Å². The second kappa shape index (κ2) is 3.82. The molecule has 4 heteroatoms. The third-order valence-corrected chi connectivity index (χ3v) is 3.72. The Labute approximate surface area is 111 Å². The molecular weight excluding hydrogens is 236 g/mol. The summed E-state index contributed by atoms with van der Waals surface area (Å²) in [5.41, 5.74) is 6.83. The highest BCUT2D eigenvalue weighted by Gasteiger charge is 2.11. The molecule has 0 unspecified atom stereocenters. The van der Waals surface area contributed by atoms with Crippen molar-refractivity contribution >= 4 is 16.7 Å². The molecule has 1 aromatic carbocycles. The fraction of sp³-hybridized carbons (Fsp3) is 0.200. The van der Waals surface area contributed by atoms with Gasteiger partial charge in [-0.15, -0.1) is 0 Å². The monoisotopic (exact) mass is 250 g/mol. The summed E-state index contributed by atoms with van der Waals surface area (Å²) in [7, 11) is 1.98. The summed E-state index contributed by atoms with van der Waals surface area (Å²) < 4.78 is 1.98. The second-order valence-electron chi connectivity index (χ2n) is 4.96. The zero-order valence-electron chi connectivity index (χ0n) is 10.7. The van der Waals surface area contributed by atoms with E-state index in [1.165, 1.54) is 11.3 Å². The summed E-state index contributed by atoms with van der Waals surface area (Å²) in [5, 5.41) is 3.38. The number of nitrogens with one attached hydrogen (secondary N) is 1. The van der Waals surface area contributed by atoms with Gasteiger partial charge in [0, 0.05) is 24.8 Å². The zero-order valence-corrected chi connectivity index (χ0v) is 10.7. The van der Waals surface area contributed by atoms with Crippen LogP contribution in [0.25, 0.3) is 22.3 Å². The molecule has 94 valence electrons. The molecule has 0 bridgehead atoms. The van der Waals surface area contributed by atoms with Gasteiger partial charge in [0.25, 0.3) is 0 Å². The summed E-state index contributed by atoms with van der Waals surface area (Å²) >= 11 is 0. The molecule has 4 nitrogen and oxygen atoms in total. The molecule has 1 N–H and O–H groups in total. The smallest absolute Gasteiger partial charge is 0.0956 e. The first-order chi connectivity index (χ1) is 9.31. The van der Waals surface area contributed by atoms with E-state index in [9.17, 15) is 0 Å². The van der Waals surface area contributed by atoms with E-state index in [1.807, 2.05) is 24.1 Å². The first-order valence-corrected chi connectivity index (χ1v) is 6.45. The maximum absolute atomic E-state index is 4.55. The average Bonchev–Trinajstić information content (AvgIpc) is 3.04. The lowest BCUT2D eigenvalue weighted by atomic mass is 10.1. The molecule has 1 aliphatic heterocycles. The number of imidazole rings is 1. The van der Waals surface area contributed by atoms with Crippen molar-refractivity contribution in [3.63, 3.8) is 0 Å². The third-order valence-electron chi connectivity index (χ3n) is 3.72. The van der Waals surface area contributed by atoms with Crippen molar-refractivity contribution < 1.29 is 0 Å². The largest absolute Gasteiger partial charge is 0.384 e. The molecular formula is C15H14N4. The van der Waals surface area contributed by atoms with Crippen molar-refractivity contribution in [1.29, 1.82) is 0 Å². The summed E-state index contributed by atoms with van der Waals surface area (Å²) in [5.74, 6) is 0. The molecule has 19 heavy (non-hydrogen) atoms. The van der Waals surface area contributed by atoms with E-state index in [0.717, 1.165) is 35.3 Å². The molecule has 0 aliphatic carbocycles. The van der Waals surface area contributed by atoms with E-state index in [1.54, 1.807) is 0 Å². The fourth-order valence-electron chi connectivity index (χ4n) is 2.65. The number of benzene rings is 1. The van der Waals surface area contributed by atoms with Gasteiger partial charge in [0.2, 0.25) is 0 Å². The molecule has 1 aliphatic rings. The van der Waals surface area contributed by atoms with Gasteiger partial charge < -0.3 is 9.88 Å². The van der Waals surface area contributed by atoms with Crippen LogP contribution in [0.2, 0.25) is 0 Å². The Morgan fingerprint density at radius 3 is 3.11 bits per heavy atom. The lowest BCUT2D eigenvalue weighted by Gasteiger charge is -2.04. The molecule has 0 spiro atoms. The quantitative estimate of drug-likeness (QED) is 0.722. The fourth-order valence-corrected chi connectivity index (χ4v) is 2.65. The Hall–Kier alpha value is -2.36. The first-order valence-electron chi connectivity index (χ1n) is 6.45. The molecule has 2 aromatic heterocycles. The van der Waals surface area contributed by atoms with Crippen LogP contribution in [-0.2, 0) is 13.5 Å². The Balaban J connectivity index is 1.85. The van der Waals surface area contributed by atoms with E-state index in [0.29, 0.717) is 0 Å². The van der Waals surface area contributed by atoms with E-state index < -0.39 is 0 Å². The molecule has 0 saturated heterocycles. The maximum Gasteiger partial charge on any atom is 0.0956 e. The number of anilines is 1. The highest BCUT2D eigenvalue weighted by Crippen LogP contribution is 2.28. The SMILES string of the molecule is Cn1cnc2cc(-c3ccc4c(c3)CCN4)ncc21. The predicted molar refractivity (Wildman–Crippen MR) is 76.1 cm³/mol. The highest BCUT2D eigenvalue weighted by molar-refractivity contribution is 5.80. The summed E-state index contributed by atoms with van der Waals surface area (Å²) in [6, 6.07) is 8.54. The number of nitrogens with zero attached hydrogens (tertiary/aromatic N) is 3. The lowest BCUT2D eigenvalue weighted by Crippen LogP contribution is -1.90. The molecule has 3 aromatic rings. The van der Waals surface area contributed by atoms with Crippen LogP contribution in [0.5, 0.6) is 0 Å². The number of fused-ring (bicyclic) bond motifs is 2. The predicted octanol–water partition coefficient (Wildman–Crippen LogP) is 2.60. The normalized spacial score (nSPS) is 13.5. The van der Waals surface area contributed by atoms with Gasteiger partial charge in [-0.2, -0.15) is 0 Å². The summed E-state index contributed by atoms with van der Waals surface area (Å²) in [6.45, 7) is 1.03.